The third kappa shape index (κ3) is 4.61. The summed E-state index contributed by atoms with van der Waals surface area (Å²) in [4.78, 5) is 12.0. The van der Waals surface area contributed by atoms with Crippen LogP contribution < -0.4 is 10.1 Å². The summed E-state index contributed by atoms with van der Waals surface area (Å²) in [5.74, 6) is -0.356. The molecule has 0 saturated carbocycles. The Morgan fingerprint density at radius 3 is 2.62 bits per heavy atom. The Bertz CT molecular complexity index is 609. The average molecular weight is 373 g/mol. The van der Waals surface area contributed by atoms with Crippen LogP contribution in [0.15, 0.2) is 18.2 Å². The van der Waals surface area contributed by atoms with Crippen molar-refractivity contribution in [2.75, 3.05) is 26.9 Å². The lowest BCUT2D eigenvalue weighted by atomic mass is 9.99. The summed E-state index contributed by atoms with van der Waals surface area (Å²) in [6.07, 6.45) is -6.79. The Kier molecular flexibility index (Phi) is 7.14. The molecule has 6 N–H and O–H groups in total. The number of aliphatic hydroxyl groups excluding tert-OH is 4. The minimum absolute atomic E-state index is 0.0519. The highest BCUT2D eigenvalue weighted by atomic mass is 16.7. The van der Waals surface area contributed by atoms with Gasteiger partial charge in [-0.3, -0.25) is 4.79 Å². The SMILES string of the molecule is COc1cc(C(=O)NCCO[C@@H]2O[C@H](CO)[C@@H](O)[C@H](O)[C@H]2O)ccc1O. The predicted molar refractivity (Wildman–Crippen MR) is 86.7 cm³/mol. The topological polar surface area (TPSA) is 158 Å². The van der Waals surface area contributed by atoms with Crippen molar-refractivity contribution in [3.63, 3.8) is 0 Å². The van der Waals surface area contributed by atoms with E-state index in [2.05, 4.69) is 5.32 Å². The zero-order chi connectivity index (χ0) is 19.3. The van der Waals surface area contributed by atoms with E-state index in [9.17, 15) is 25.2 Å². The van der Waals surface area contributed by atoms with Crippen molar-refractivity contribution >= 4 is 5.91 Å². The molecule has 1 aliphatic rings. The van der Waals surface area contributed by atoms with E-state index >= 15 is 0 Å². The molecule has 10 heteroatoms. The average Bonchev–Trinajstić information content (AvgIpc) is 2.65. The lowest BCUT2D eigenvalue weighted by Crippen LogP contribution is -2.59. The Morgan fingerprint density at radius 2 is 1.96 bits per heavy atom. The number of amides is 1. The number of aliphatic hydroxyl groups is 4. The molecule has 0 unspecified atom stereocenters. The number of carbonyl (C=O) groups excluding carboxylic acids is 1. The Morgan fingerprint density at radius 1 is 1.23 bits per heavy atom. The van der Waals surface area contributed by atoms with Gasteiger partial charge in [0.15, 0.2) is 17.8 Å². The van der Waals surface area contributed by atoms with Crippen molar-refractivity contribution in [1.82, 2.24) is 5.32 Å². The molecular weight excluding hydrogens is 350 g/mol. The van der Waals surface area contributed by atoms with Crippen LogP contribution in [-0.2, 0) is 9.47 Å². The molecule has 1 amide bonds. The van der Waals surface area contributed by atoms with E-state index in [0.29, 0.717) is 0 Å². The second-order valence-electron chi connectivity index (χ2n) is 5.71. The largest absolute Gasteiger partial charge is 0.504 e. The number of hydrogen-bond donors (Lipinski definition) is 6. The molecule has 0 bridgehead atoms. The number of phenols is 1. The van der Waals surface area contributed by atoms with Gasteiger partial charge in [-0.05, 0) is 18.2 Å². The summed E-state index contributed by atoms with van der Waals surface area (Å²) in [6.45, 7) is -0.537. The number of benzene rings is 1. The van der Waals surface area contributed by atoms with Crippen molar-refractivity contribution in [1.29, 1.82) is 0 Å². The molecule has 1 saturated heterocycles. The van der Waals surface area contributed by atoms with E-state index in [-0.39, 0.29) is 30.2 Å². The molecule has 0 aromatic heterocycles. The maximum absolute atomic E-state index is 12.0. The zero-order valence-electron chi connectivity index (χ0n) is 14.1. The second-order valence-corrected chi connectivity index (χ2v) is 5.71. The molecular formula is C16H23NO9. The zero-order valence-corrected chi connectivity index (χ0v) is 14.1. The van der Waals surface area contributed by atoms with Crippen molar-refractivity contribution < 1.29 is 44.5 Å². The molecule has 0 aliphatic carbocycles. The Balaban J connectivity index is 1.82. The lowest BCUT2D eigenvalue weighted by molar-refractivity contribution is -0.300. The molecule has 5 atom stereocenters. The van der Waals surface area contributed by atoms with E-state index in [4.69, 9.17) is 19.3 Å². The fourth-order valence-electron chi connectivity index (χ4n) is 2.47. The summed E-state index contributed by atoms with van der Waals surface area (Å²) in [6, 6.07) is 4.13. The van der Waals surface area contributed by atoms with Crippen molar-refractivity contribution in [3.05, 3.63) is 23.8 Å². The summed E-state index contributed by atoms with van der Waals surface area (Å²) in [5, 5.41) is 50.3. The van der Waals surface area contributed by atoms with Crippen LogP contribution in [0.3, 0.4) is 0 Å². The van der Waals surface area contributed by atoms with Crippen molar-refractivity contribution in [3.8, 4) is 11.5 Å². The monoisotopic (exact) mass is 373 g/mol. The van der Waals surface area contributed by atoms with Crippen LogP contribution in [0.25, 0.3) is 0 Å². The van der Waals surface area contributed by atoms with Crippen LogP contribution in [0.4, 0.5) is 0 Å². The minimum atomic E-state index is -1.52. The van der Waals surface area contributed by atoms with Crippen molar-refractivity contribution in [2.45, 2.75) is 30.7 Å². The van der Waals surface area contributed by atoms with Gasteiger partial charge >= 0.3 is 0 Å². The highest BCUT2D eigenvalue weighted by Gasteiger charge is 2.43. The van der Waals surface area contributed by atoms with Gasteiger partial charge in [-0.1, -0.05) is 0 Å². The number of carbonyl (C=O) groups is 1. The first-order chi connectivity index (χ1) is 12.4. The Labute approximate surface area is 149 Å². The molecule has 1 heterocycles. The van der Waals surface area contributed by atoms with Gasteiger partial charge in [0.25, 0.3) is 5.91 Å². The van der Waals surface area contributed by atoms with Crippen molar-refractivity contribution in [2.24, 2.45) is 0 Å². The van der Waals surface area contributed by atoms with Crippen LogP contribution in [-0.4, -0.2) is 89.0 Å². The van der Waals surface area contributed by atoms with Crippen LogP contribution in [0, 0.1) is 0 Å². The molecule has 0 spiro atoms. The third-order valence-electron chi connectivity index (χ3n) is 3.96. The van der Waals surface area contributed by atoms with Gasteiger partial charge in [0.05, 0.1) is 20.3 Å². The van der Waals surface area contributed by atoms with Gasteiger partial charge in [-0.25, -0.2) is 0 Å². The molecule has 1 aromatic carbocycles. The summed E-state index contributed by atoms with van der Waals surface area (Å²) in [5.41, 5.74) is 0.271. The molecule has 2 rings (SSSR count). The predicted octanol–water partition coefficient (Wildman–Crippen LogP) is -2.05. The maximum Gasteiger partial charge on any atom is 0.251 e. The van der Waals surface area contributed by atoms with Gasteiger partial charge in [0.1, 0.15) is 24.4 Å². The van der Waals surface area contributed by atoms with Crippen LogP contribution in [0.5, 0.6) is 11.5 Å². The maximum atomic E-state index is 12.0. The third-order valence-corrected chi connectivity index (χ3v) is 3.96. The highest BCUT2D eigenvalue weighted by molar-refractivity contribution is 5.94. The minimum Gasteiger partial charge on any atom is -0.504 e. The van der Waals surface area contributed by atoms with Gasteiger partial charge in [0.2, 0.25) is 0 Å². The molecule has 26 heavy (non-hydrogen) atoms. The number of ether oxygens (including phenoxy) is 3. The molecule has 1 fully saturated rings. The first-order valence-corrected chi connectivity index (χ1v) is 7.96. The number of hydrogen-bond acceptors (Lipinski definition) is 9. The lowest BCUT2D eigenvalue weighted by Gasteiger charge is -2.39. The fraction of sp³-hybridized carbons (Fsp3) is 0.562. The fourth-order valence-corrected chi connectivity index (χ4v) is 2.47. The number of phenolic OH excluding ortho intramolecular Hbond substituents is 1. The number of nitrogens with one attached hydrogen (secondary N) is 1. The standard InChI is InChI=1S/C16H23NO9/c1-24-10-6-8(2-3-9(10)19)15(23)17-4-5-25-16-14(22)13(21)12(20)11(7-18)26-16/h2-3,6,11-14,16,18-22H,4-5,7H2,1H3,(H,17,23)/t11-,12-,13+,14-,16-/m1/s1. The Hall–Kier alpha value is -1.95. The van der Waals surface area contributed by atoms with E-state index in [0.717, 1.165) is 0 Å². The molecule has 146 valence electrons. The summed E-state index contributed by atoms with van der Waals surface area (Å²) >= 11 is 0. The van der Waals surface area contributed by atoms with Crippen LogP contribution >= 0.6 is 0 Å². The van der Waals surface area contributed by atoms with Gasteiger partial charge in [-0.15, -0.1) is 0 Å². The highest BCUT2D eigenvalue weighted by Crippen LogP contribution is 2.26. The number of rotatable bonds is 7. The van der Waals surface area contributed by atoms with E-state index in [1.807, 2.05) is 0 Å². The molecule has 1 aliphatic heterocycles. The van der Waals surface area contributed by atoms with E-state index < -0.39 is 43.2 Å². The van der Waals surface area contributed by atoms with Crippen LogP contribution in [0.1, 0.15) is 10.4 Å². The first kappa shape index (κ1) is 20.4. The van der Waals surface area contributed by atoms with E-state index in [1.54, 1.807) is 0 Å². The smallest absolute Gasteiger partial charge is 0.251 e. The first-order valence-electron chi connectivity index (χ1n) is 7.96. The molecule has 10 nitrogen and oxygen atoms in total. The van der Waals surface area contributed by atoms with Gasteiger partial charge in [0, 0.05) is 12.1 Å². The normalized spacial score (nSPS) is 28.6. The quantitative estimate of drug-likeness (QED) is 0.296. The van der Waals surface area contributed by atoms with Gasteiger partial charge in [-0.2, -0.15) is 0 Å². The summed E-state index contributed by atoms with van der Waals surface area (Å²) < 4.78 is 15.4. The van der Waals surface area contributed by atoms with Crippen LogP contribution in [0.2, 0.25) is 0 Å². The second kappa shape index (κ2) is 9.12. The molecule has 0 radical (unpaired) electrons. The number of methoxy groups -OCH3 is 1. The summed E-state index contributed by atoms with van der Waals surface area (Å²) in [7, 11) is 1.37. The number of aromatic hydroxyl groups is 1. The van der Waals surface area contributed by atoms with E-state index in [1.165, 1.54) is 25.3 Å². The molecule has 1 aromatic rings. The van der Waals surface area contributed by atoms with Gasteiger partial charge < -0.3 is 45.1 Å².